The Hall–Kier alpha value is -1.92. The van der Waals surface area contributed by atoms with Crippen molar-refractivity contribution in [3.05, 3.63) is 58.6 Å². The summed E-state index contributed by atoms with van der Waals surface area (Å²) in [5, 5.41) is 0.508. The molecule has 0 amide bonds. The highest BCUT2D eigenvalue weighted by atomic mass is 35.5. The molecule has 0 aliphatic carbocycles. The lowest BCUT2D eigenvalue weighted by atomic mass is 9.99. The molecule has 1 aliphatic rings. The van der Waals surface area contributed by atoms with Crippen LogP contribution >= 0.6 is 11.6 Å². The van der Waals surface area contributed by atoms with Crippen LogP contribution in [-0.2, 0) is 12.8 Å². The highest BCUT2D eigenvalue weighted by Crippen LogP contribution is 2.35. The number of ether oxygens (including phenoxy) is 2. The van der Waals surface area contributed by atoms with Crippen LogP contribution in [-0.4, -0.2) is 29.6 Å². The largest absolute Gasteiger partial charge is 0.485 e. The van der Waals surface area contributed by atoms with Crippen molar-refractivity contribution in [1.82, 2.24) is 4.90 Å². The Balaban J connectivity index is 1.67. The molecule has 1 heterocycles. The molecule has 0 radical (unpaired) electrons. The van der Waals surface area contributed by atoms with Gasteiger partial charge < -0.3 is 9.47 Å². The van der Waals surface area contributed by atoms with Gasteiger partial charge in [0.15, 0.2) is 11.5 Å². The summed E-state index contributed by atoms with van der Waals surface area (Å²) >= 11 is 6.08. The van der Waals surface area contributed by atoms with Crippen LogP contribution in [0, 0.1) is 0 Å². The number of benzene rings is 2. The van der Waals surface area contributed by atoms with E-state index < -0.39 is 11.7 Å². The van der Waals surface area contributed by atoms with Crippen molar-refractivity contribution in [2.45, 2.75) is 45.2 Å². The van der Waals surface area contributed by atoms with E-state index in [2.05, 4.69) is 25.7 Å². The topological polar surface area (TPSA) is 21.7 Å². The zero-order valence-corrected chi connectivity index (χ0v) is 16.8. The summed E-state index contributed by atoms with van der Waals surface area (Å²) in [5.74, 6) is 0.953. The van der Waals surface area contributed by atoms with Crippen molar-refractivity contribution < 1.29 is 22.6 Å². The lowest BCUT2D eigenvalue weighted by Gasteiger charge is -2.47. The van der Waals surface area contributed by atoms with E-state index in [9.17, 15) is 13.2 Å². The number of rotatable bonds is 5. The Labute approximate surface area is 168 Å². The fraction of sp³-hybridized carbons (Fsp3) is 0.429. The van der Waals surface area contributed by atoms with E-state index in [1.54, 1.807) is 24.3 Å². The maximum Gasteiger partial charge on any atom is 0.416 e. The second-order valence-corrected chi connectivity index (χ2v) is 8.33. The van der Waals surface area contributed by atoms with E-state index in [-0.39, 0.29) is 18.2 Å². The average Bonchev–Trinajstić information content (AvgIpc) is 2.55. The molecule has 1 saturated heterocycles. The van der Waals surface area contributed by atoms with Gasteiger partial charge in [0.05, 0.1) is 5.56 Å². The molecule has 152 valence electrons. The standard InChI is InChI=1S/C21H23ClF3NO2/c1-20(2,3)26-11-17(12-26)28-19-10-16(22)7-8-18(19)27-13-14-5-4-6-15(9-14)21(23,24)25/h4-10,17H,11-13H2,1-3H3. The lowest BCUT2D eigenvalue weighted by molar-refractivity contribution is -0.137. The van der Waals surface area contributed by atoms with E-state index in [0.29, 0.717) is 22.1 Å². The first-order valence-corrected chi connectivity index (χ1v) is 9.40. The number of alkyl halides is 3. The first kappa shape index (κ1) is 20.8. The van der Waals surface area contributed by atoms with E-state index in [0.717, 1.165) is 25.2 Å². The normalized spacial score (nSPS) is 16.0. The number of hydrogen-bond donors (Lipinski definition) is 0. The summed E-state index contributed by atoms with van der Waals surface area (Å²) in [5.41, 5.74) is -0.187. The molecule has 3 nitrogen and oxygen atoms in total. The van der Waals surface area contributed by atoms with Crippen molar-refractivity contribution in [1.29, 1.82) is 0 Å². The SMILES string of the molecule is CC(C)(C)N1CC(Oc2cc(Cl)ccc2OCc2cccc(C(F)(F)F)c2)C1. The van der Waals surface area contributed by atoms with E-state index in [1.807, 2.05) is 0 Å². The van der Waals surface area contributed by atoms with Gasteiger partial charge in [-0.1, -0.05) is 23.7 Å². The first-order chi connectivity index (χ1) is 13.0. The predicted octanol–water partition coefficient (Wildman–Crippen LogP) is 5.80. The molecule has 1 fully saturated rings. The zero-order valence-electron chi connectivity index (χ0n) is 16.0. The molecule has 7 heteroatoms. The van der Waals surface area contributed by atoms with E-state index >= 15 is 0 Å². The van der Waals surface area contributed by atoms with Crippen molar-refractivity contribution in [3.8, 4) is 11.5 Å². The van der Waals surface area contributed by atoms with Crippen LogP contribution in [0.2, 0.25) is 5.02 Å². The number of hydrogen-bond acceptors (Lipinski definition) is 3. The van der Waals surface area contributed by atoms with Gasteiger partial charge in [-0.2, -0.15) is 13.2 Å². The van der Waals surface area contributed by atoms with Crippen LogP contribution in [0.1, 0.15) is 31.9 Å². The molecule has 0 unspecified atom stereocenters. The Morgan fingerprint density at radius 3 is 2.39 bits per heavy atom. The molecule has 2 aromatic rings. The average molecular weight is 414 g/mol. The van der Waals surface area contributed by atoms with Crippen LogP contribution in [0.25, 0.3) is 0 Å². The summed E-state index contributed by atoms with van der Waals surface area (Å²) in [6.07, 6.45) is -4.36. The summed E-state index contributed by atoms with van der Waals surface area (Å²) in [6.45, 7) is 8.03. The van der Waals surface area contributed by atoms with Crippen molar-refractivity contribution >= 4 is 11.6 Å². The Bertz CT molecular complexity index is 827. The summed E-state index contributed by atoms with van der Waals surface area (Å²) in [6, 6.07) is 10.1. The van der Waals surface area contributed by atoms with Crippen LogP contribution in [0.3, 0.4) is 0 Å². The molecule has 0 N–H and O–H groups in total. The fourth-order valence-electron chi connectivity index (χ4n) is 2.93. The first-order valence-electron chi connectivity index (χ1n) is 9.02. The molecule has 2 aromatic carbocycles. The van der Waals surface area contributed by atoms with Crippen molar-refractivity contribution in [2.75, 3.05) is 13.1 Å². The minimum Gasteiger partial charge on any atom is -0.485 e. The van der Waals surface area contributed by atoms with Gasteiger partial charge >= 0.3 is 6.18 Å². The van der Waals surface area contributed by atoms with Gasteiger partial charge in [-0.3, -0.25) is 4.90 Å². The third-order valence-corrected chi connectivity index (χ3v) is 4.88. The predicted molar refractivity (Wildman–Crippen MR) is 103 cm³/mol. The smallest absolute Gasteiger partial charge is 0.416 e. The summed E-state index contributed by atoms with van der Waals surface area (Å²) in [7, 11) is 0. The van der Waals surface area contributed by atoms with Gasteiger partial charge in [-0.05, 0) is 50.6 Å². The number of halogens is 4. The van der Waals surface area contributed by atoms with Gasteiger partial charge in [0.25, 0.3) is 0 Å². The molecule has 0 bridgehead atoms. The van der Waals surface area contributed by atoms with Crippen molar-refractivity contribution in [3.63, 3.8) is 0 Å². The molecular formula is C21H23ClF3NO2. The minimum atomic E-state index is -4.38. The van der Waals surface area contributed by atoms with Crippen molar-refractivity contribution in [2.24, 2.45) is 0 Å². The third kappa shape index (κ3) is 5.11. The van der Waals surface area contributed by atoms with Crippen LogP contribution in [0.4, 0.5) is 13.2 Å². The van der Waals surface area contributed by atoms with Gasteiger partial charge in [-0.25, -0.2) is 0 Å². The van der Waals surface area contributed by atoms with Gasteiger partial charge in [0.2, 0.25) is 0 Å². The molecule has 1 aliphatic heterocycles. The fourth-order valence-corrected chi connectivity index (χ4v) is 3.09. The third-order valence-electron chi connectivity index (χ3n) is 4.64. The second kappa shape index (κ2) is 7.84. The summed E-state index contributed by atoms with van der Waals surface area (Å²) < 4.78 is 50.4. The van der Waals surface area contributed by atoms with Crippen LogP contribution < -0.4 is 9.47 Å². The molecular weight excluding hydrogens is 391 g/mol. The summed E-state index contributed by atoms with van der Waals surface area (Å²) in [4.78, 5) is 2.30. The quantitative estimate of drug-likeness (QED) is 0.618. The monoisotopic (exact) mass is 413 g/mol. The molecule has 0 atom stereocenters. The van der Waals surface area contributed by atoms with Crippen LogP contribution in [0.5, 0.6) is 11.5 Å². The molecule has 3 rings (SSSR count). The number of likely N-dealkylation sites (tertiary alicyclic amines) is 1. The maximum absolute atomic E-state index is 12.9. The van der Waals surface area contributed by atoms with Gasteiger partial charge in [0.1, 0.15) is 12.7 Å². The number of nitrogens with zero attached hydrogens (tertiary/aromatic N) is 1. The minimum absolute atomic E-state index is 0.000690. The maximum atomic E-state index is 12.9. The Morgan fingerprint density at radius 1 is 1.04 bits per heavy atom. The second-order valence-electron chi connectivity index (χ2n) is 7.89. The van der Waals surface area contributed by atoms with Gasteiger partial charge in [-0.15, -0.1) is 0 Å². The molecule has 0 aromatic heterocycles. The highest BCUT2D eigenvalue weighted by Gasteiger charge is 2.36. The van der Waals surface area contributed by atoms with Gasteiger partial charge in [0, 0.05) is 29.7 Å². The molecule has 28 heavy (non-hydrogen) atoms. The zero-order chi connectivity index (χ0) is 20.5. The molecule has 0 spiro atoms. The van der Waals surface area contributed by atoms with Crippen LogP contribution in [0.15, 0.2) is 42.5 Å². The molecule has 0 saturated carbocycles. The lowest BCUT2D eigenvalue weighted by Crippen LogP contribution is -2.60. The Kier molecular flexibility index (Phi) is 5.82. The highest BCUT2D eigenvalue weighted by molar-refractivity contribution is 6.30. The van der Waals surface area contributed by atoms with E-state index in [4.69, 9.17) is 21.1 Å². The van der Waals surface area contributed by atoms with E-state index in [1.165, 1.54) is 6.07 Å². The Morgan fingerprint density at radius 2 is 1.75 bits per heavy atom.